The molecular weight excluding hydrogens is 2380 g/mol. The molecule has 0 bridgehead atoms. The monoisotopic (exact) mass is 2480 g/mol. The molecule has 0 aliphatic carbocycles. The molecule has 72 nitrogen and oxygen atoms in total. The van der Waals surface area contributed by atoms with Gasteiger partial charge in [0.1, 0.15) is 97.6 Å². The molecule has 0 aromatic carbocycles. The van der Waals surface area contributed by atoms with Gasteiger partial charge in [-0.1, -0.05) is 29.7 Å². The maximum atomic E-state index is 11.4. The second-order valence-electron chi connectivity index (χ2n) is 25.6. The number of aliphatic hydroxyl groups is 11. The molecule has 0 spiro atoms. The van der Waals surface area contributed by atoms with Gasteiger partial charge in [0.15, 0.2) is 56.1 Å². The third-order valence-electron chi connectivity index (χ3n) is 16.1. The second kappa shape index (κ2) is 95.4. The number of aliphatic carboxylic acids is 2. The molecule has 0 aromatic heterocycles. The Morgan fingerprint density at radius 2 is 0.662 bits per heavy atom. The quantitative estimate of drug-likeness (QED) is 0.0133. The first-order chi connectivity index (χ1) is 57.9. The van der Waals surface area contributed by atoms with Crippen LogP contribution in [0, 0.1) is 0 Å². The van der Waals surface area contributed by atoms with E-state index in [1.54, 1.807) is 4.72 Å². The number of aliphatic hydroxyl groups excluding tert-OH is 11. The molecule has 0 aromatic rings. The van der Waals surface area contributed by atoms with Gasteiger partial charge in [0.05, 0.1) is 132 Å². The summed E-state index contributed by atoms with van der Waals surface area (Å²) in [5.74, 6) is -4.66. The largest absolute Gasteiger partial charge is 1.00 e. The van der Waals surface area contributed by atoms with E-state index in [2.05, 4.69) is 35.2 Å². The van der Waals surface area contributed by atoms with Crippen LogP contribution in [0.2, 0.25) is 0 Å². The average Bonchev–Trinajstić information content (AvgIpc) is 0.795. The molecule has 7 saturated heterocycles. The van der Waals surface area contributed by atoms with E-state index in [4.69, 9.17) is 67.2 Å². The van der Waals surface area contributed by atoms with Gasteiger partial charge >= 0.3 is 384 Å². The van der Waals surface area contributed by atoms with Gasteiger partial charge in [-0.05, 0) is 6.08 Å². The van der Waals surface area contributed by atoms with Crippen molar-refractivity contribution in [1.82, 2.24) is 19.5 Å². The van der Waals surface area contributed by atoms with Crippen LogP contribution in [0.15, 0.2) is 11.8 Å². The van der Waals surface area contributed by atoms with Gasteiger partial charge in [-0.25, -0.2) is 89.9 Å². The Labute approximate surface area is 1140 Å². The maximum absolute atomic E-state index is 11.4. The van der Waals surface area contributed by atoms with E-state index in [0.717, 1.165) is 6.92 Å². The summed E-state index contributed by atoms with van der Waals surface area (Å²) in [4.78, 5) is 49.5. The summed E-state index contributed by atoms with van der Waals surface area (Å²) in [6, 6.07) is -6.23. The number of nitrogens with one attached hydrogen (secondary N) is 4. The van der Waals surface area contributed by atoms with Crippen LogP contribution in [-0.2, 0) is 194 Å². The van der Waals surface area contributed by atoms with Crippen LogP contribution >= 0.6 is 0 Å². The molecule has 0 saturated carbocycles. The molecular formula is C54H101N4Na13O68S9. The van der Waals surface area contributed by atoms with Crippen LogP contribution in [0.5, 0.6) is 0 Å². The predicted octanol–water partition coefficient (Wildman–Crippen LogP) is -64.6. The van der Waals surface area contributed by atoms with Crippen molar-refractivity contribution in [3.05, 3.63) is 11.8 Å². The number of carboxylic acids is 2. The average molecular weight is 2480 g/mol. The van der Waals surface area contributed by atoms with Crippen molar-refractivity contribution in [3.8, 4) is 0 Å². The van der Waals surface area contributed by atoms with Crippen molar-refractivity contribution in [1.29, 1.82) is 0 Å². The van der Waals surface area contributed by atoms with Gasteiger partial charge < -0.3 is 216 Å². The Balaban J connectivity index is -0.0000000743. The fourth-order valence-corrected chi connectivity index (χ4v) is 15.0. The minimum Gasteiger partial charge on any atom is -0.735 e. The van der Waals surface area contributed by atoms with E-state index in [1.807, 2.05) is 0 Å². The Kier molecular flexibility index (Phi) is 131. The summed E-state index contributed by atoms with van der Waals surface area (Å²) in [5.41, 5.74) is 0. The minimum atomic E-state index is -5.24. The fraction of sp³-hybridized carbons (Fsp3) is 0.870. The van der Waals surface area contributed by atoms with Crippen molar-refractivity contribution in [2.24, 2.45) is 0 Å². The van der Waals surface area contributed by atoms with E-state index in [1.165, 1.54) is 9.44 Å². The van der Waals surface area contributed by atoms with Crippen LogP contribution in [0.1, 0.15) is 62.3 Å². The van der Waals surface area contributed by atoms with E-state index < -0.39 is 367 Å². The molecule has 148 heavy (non-hydrogen) atoms. The summed E-state index contributed by atoms with van der Waals surface area (Å²) < 4.78 is 371. The number of hydrogen-bond acceptors (Lipinski definition) is 64. The standard InChI is InChI=1S/C14H23NO13S.C11H21NO16S3.C11H21NO13S2.C6H13NO10S2.C6H8O8S.2CH2O2.4CH4.13Na.4H2O/c1-5(16)15-9-7(17)2-6(3-26-29(22,23)24)27-14(9)28-11-10(19)8(18)4-25-12(11)13(20)21;13-6-1-5(2-25-30(18,19)20)26-11(9(6)12-29(15,16)17)27-7-3-24-4-8(10(7)14)28-31(21,22)23;13-6-1-5(2-23-27(19,20)21)24-11(9(6)12-26(16,17)18)25-8-4-22-3-7(14)10(8)15;8-4-1-3(2-16-19(13,14)15)17-6(9)5(4)7-18(10,11)12;7-3-1-4(6(8)9)13-2-5(3)14-15(10,11)12;2*2-1-3;;;;;;;;;;;;;;;;;;;;;/h6-12,14,17-19H,2-4H2,1H3,(H,15,16)(H,20,21)(H,22,23,24);5-14H,1-4H2,(H,15,16,17)(H,18,19,20)(H,21,22,23);5-15H,1-4H2,(H,16,17,18)(H,19,20,21);3-9H,1-2H2,(H,10,11,12)(H,13,14,15);1,3,5,7H,2H2,(H,8,9)(H,10,11,12);2*1H,(H,2,3);4*1H4;;;;;;;;;;;;;;4*1H2/q;;;;;;;;;;;13*+1;;;;/p-13. The van der Waals surface area contributed by atoms with Crippen molar-refractivity contribution in [2.75, 3.05) is 66.1 Å². The number of carbonyl (C=O) groups excluding carboxylic acids is 5. The normalized spacial score (nSPS) is 29.2. The second-order valence-corrected chi connectivity index (χ2v) is 35.3. The SMILES string of the molecule is C.C.C.C.CC(=O)NC1C(O)CC(COS(=O)(=O)[O-])OC1OC1C(C(=O)[O-])OCC(O)C1O.O.O.O.O.O=C([O-])C1=CC(O)C(OS(=O)(=O)[O-])CO1.O=C[O-].O=C[O-].O=S(=O)([O-])NC1C(O)CC(COS(=O)(=O)[O-])OC1O.O=S(=O)([O-])NC1C(O)CC(COS(=O)(=O)[O-])OC1OC1COCC(O)C1O.O=S(=O)([O-])NC1C(O)CC(COS(=O)(=O)[O-])OC1OC1COCC(OS(=O)(=O)[O-])C1O.[Na+].[Na+].[Na+].[Na+].[Na+].[Na+].[Na+].[Na+].[Na+].[Na+].[Na+].[Na+].[Na+]. The minimum absolute atomic E-state index is 0. The zero-order valence-corrected chi connectivity index (χ0v) is 111. The van der Waals surface area contributed by atoms with E-state index in [-0.39, 0.29) is 462 Å². The van der Waals surface area contributed by atoms with Crippen LogP contribution < -0.4 is 424 Å². The van der Waals surface area contributed by atoms with Crippen LogP contribution in [0.25, 0.3) is 0 Å². The van der Waals surface area contributed by atoms with E-state index in [0.29, 0.717) is 6.08 Å². The van der Waals surface area contributed by atoms with Gasteiger partial charge in [-0.2, -0.15) is 0 Å². The van der Waals surface area contributed by atoms with Crippen molar-refractivity contribution in [2.45, 2.75) is 234 Å². The molecule has 812 valence electrons. The van der Waals surface area contributed by atoms with Gasteiger partial charge in [0.2, 0.25) is 68.3 Å². The Morgan fingerprint density at radius 1 is 0.378 bits per heavy atom. The van der Waals surface area contributed by atoms with Crippen molar-refractivity contribution < 1.29 is 701 Å². The van der Waals surface area contributed by atoms with Crippen LogP contribution in [0.3, 0.4) is 0 Å². The van der Waals surface area contributed by atoms with Gasteiger partial charge in [-0.15, -0.1) is 0 Å². The zero-order valence-electron chi connectivity index (χ0n) is 78.0. The van der Waals surface area contributed by atoms with Gasteiger partial charge in [0, 0.05) is 45.6 Å². The topological polar surface area (TPSA) is 1250 Å². The number of hydrogen-bond donors (Lipinski definition) is 15. The van der Waals surface area contributed by atoms with Crippen LogP contribution in [-0.4, -0.2) is 463 Å². The maximum Gasteiger partial charge on any atom is 1.00 e. The molecule has 8 heterocycles. The van der Waals surface area contributed by atoms with Crippen molar-refractivity contribution in [3.63, 3.8) is 0 Å². The number of carboxylic acid groups (broad SMARTS) is 4. The molecule has 94 heteroatoms. The molecule has 0 radical (unpaired) electrons. The molecule has 28 unspecified atom stereocenters. The number of carbonyl (C=O) groups is 5. The number of amides is 1. The molecule has 8 aliphatic heterocycles. The van der Waals surface area contributed by atoms with Gasteiger partial charge in [0.25, 0.3) is 0 Å². The zero-order chi connectivity index (χ0) is 97.8. The Hall–Kier alpha value is 7.72. The molecule has 7 fully saturated rings. The third-order valence-corrected chi connectivity index (χ3v) is 20.4. The summed E-state index contributed by atoms with van der Waals surface area (Å²) >= 11 is 0. The molecule has 8 rings (SSSR count). The smallest absolute Gasteiger partial charge is 0.735 e. The first-order valence-corrected chi connectivity index (χ1v) is 46.0. The Morgan fingerprint density at radius 3 is 0.959 bits per heavy atom. The van der Waals surface area contributed by atoms with Crippen molar-refractivity contribution >= 4 is 124 Å². The molecule has 1 amide bonds. The summed E-state index contributed by atoms with van der Waals surface area (Å²) in [5, 5.41) is 148. The molecule has 28 atom stereocenters. The van der Waals surface area contributed by atoms with Crippen LogP contribution in [0.4, 0.5) is 0 Å². The summed E-state index contributed by atoms with van der Waals surface area (Å²) in [6.45, 7) is -5.56. The number of ether oxygens (including phenoxy) is 11. The van der Waals surface area contributed by atoms with Gasteiger partial charge in [-0.3, -0.25) is 29.9 Å². The van der Waals surface area contributed by atoms with E-state index >= 15 is 0 Å². The first-order valence-electron chi connectivity index (χ1n) is 33.8. The first kappa shape index (κ1) is 202. The summed E-state index contributed by atoms with van der Waals surface area (Å²) in [7, 11) is -45.6. The summed E-state index contributed by atoms with van der Waals surface area (Å²) in [6.07, 6.45) is -37.8. The third kappa shape index (κ3) is 87.2. The van der Waals surface area contributed by atoms with E-state index in [9.17, 15) is 198 Å². The predicted molar refractivity (Wildman–Crippen MR) is 398 cm³/mol. The molecule has 8 aliphatic rings. The number of rotatable bonds is 31. The molecule has 23 N–H and O–H groups in total. The Bertz CT molecular complexity index is 4650. The fourth-order valence-electron chi connectivity index (χ4n) is 11.0.